The van der Waals surface area contributed by atoms with Gasteiger partial charge in [-0.05, 0) is 30.7 Å². The van der Waals surface area contributed by atoms with Gasteiger partial charge >= 0.3 is 0 Å². The molecule has 26 heavy (non-hydrogen) atoms. The first kappa shape index (κ1) is 15.0. The van der Waals surface area contributed by atoms with Crippen molar-refractivity contribution < 1.29 is 4.79 Å². The molecule has 5 rings (SSSR count). The monoisotopic (exact) mass is 338 g/mol. The second kappa shape index (κ2) is 5.33. The van der Waals surface area contributed by atoms with Crippen molar-refractivity contribution in [3.63, 3.8) is 0 Å². The summed E-state index contributed by atoms with van der Waals surface area (Å²) in [5.41, 5.74) is 4.80. The predicted molar refractivity (Wildman–Crippen MR) is 105 cm³/mol. The molecule has 1 aliphatic heterocycles. The molecule has 0 saturated heterocycles. The van der Waals surface area contributed by atoms with Crippen LogP contribution in [-0.2, 0) is 5.54 Å². The quantitative estimate of drug-likeness (QED) is 0.538. The van der Waals surface area contributed by atoms with Gasteiger partial charge in [0.05, 0.1) is 0 Å². The van der Waals surface area contributed by atoms with Crippen LogP contribution in [0.1, 0.15) is 27.0 Å². The maximum absolute atomic E-state index is 13.7. The van der Waals surface area contributed by atoms with Crippen LogP contribution in [0.5, 0.6) is 0 Å². The summed E-state index contributed by atoms with van der Waals surface area (Å²) in [6.45, 7) is 2.06. The lowest BCUT2D eigenvalue weighted by atomic mass is 9.79. The molecule has 3 aromatic carbocycles. The van der Waals surface area contributed by atoms with Crippen molar-refractivity contribution in [2.75, 3.05) is 5.32 Å². The number of hydrogen-bond acceptors (Lipinski definition) is 2. The minimum Gasteiger partial charge on any atom is -0.365 e. The molecule has 0 amide bonds. The van der Waals surface area contributed by atoms with Crippen molar-refractivity contribution in [2.45, 2.75) is 12.5 Å². The number of anilines is 1. The summed E-state index contributed by atoms with van der Waals surface area (Å²) in [5, 5.41) is 4.62. The lowest BCUT2D eigenvalue weighted by molar-refractivity contribution is 0.0941. The highest BCUT2D eigenvalue weighted by Gasteiger charge is 2.49. The Kier molecular flexibility index (Phi) is 3.07. The highest BCUT2D eigenvalue weighted by Crippen LogP contribution is 2.45. The third-order valence-corrected chi connectivity index (χ3v) is 5.31. The summed E-state index contributed by atoms with van der Waals surface area (Å²) in [7, 11) is 0. The van der Waals surface area contributed by atoms with Crippen LogP contribution < -0.4 is 5.32 Å². The van der Waals surface area contributed by atoms with E-state index in [1.54, 1.807) is 0 Å². The second-order valence-corrected chi connectivity index (χ2v) is 6.86. The minimum atomic E-state index is -0.920. The zero-order chi connectivity index (χ0) is 17.7. The number of rotatable bonds is 2. The number of carbonyl (C=O) groups is 1. The van der Waals surface area contributed by atoms with E-state index in [0.717, 1.165) is 33.3 Å². The molecule has 4 aromatic rings. The van der Waals surface area contributed by atoms with Gasteiger partial charge in [-0.2, -0.15) is 0 Å². The number of Topliss-reactive ketones (excluding diaryl/α,β-unsaturated/α-hetero) is 1. The van der Waals surface area contributed by atoms with E-state index >= 15 is 0 Å². The van der Waals surface area contributed by atoms with E-state index in [-0.39, 0.29) is 5.78 Å². The zero-order valence-electron chi connectivity index (χ0n) is 14.4. The summed E-state index contributed by atoms with van der Waals surface area (Å²) in [6, 6.07) is 24.1. The molecule has 126 valence electrons. The number of para-hydroxylation sites is 2. The molecule has 0 aliphatic carbocycles. The maximum Gasteiger partial charge on any atom is 0.199 e. The van der Waals surface area contributed by atoms with Gasteiger partial charge in [0.1, 0.15) is 0 Å². The first-order chi connectivity index (χ1) is 12.7. The van der Waals surface area contributed by atoms with E-state index in [1.165, 1.54) is 5.56 Å². The number of nitrogens with one attached hydrogen (secondary N) is 2. The molecule has 1 unspecified atom stereocenters. The Morgan fingerprint density at radius 1 is 0.846 bits per heavy atom. The first-order valence-electron chi connectivity index (χ1n) is 8.76. The van der Waals surface area contributed by atoms with Crippen molar-refractivity contribution in [1.82, 2.24) is 4.98 Å². The Bertz CT molecular complexity index is 1140. The molecule has 2 N–H and O–H groups in total. The molecular weight excluding hydrogens is 320 g/mol. The van der Waals surface area contributed by atoms with Gasteiger partial charge in [0.25, 0.3) is 0 Å². The van der Waals surface area contributed by atoms with Crippen LogP contribution in [0.3, 0.4) is 0 Å². The largest absolute Gasteiger partial charge is 0.365 e. The molecule has 1 atom stereocenters. The molecule has 3 nitrogen and oxygen atoms in total. The van der Waals surface area contributed by atoms with E-state index in [1.807, 2.05) is 60.8 Å². The van der Waals surface area contributed by atoms with E-state index in [4.69, 9.17) is 0 Å². The number of benzene rings is 3. The molecule has 0 saturated carbocycles. The summed E-state index contributed by atoms with van der Waals surface area (Å²) >= 11 is 0. The van der Waals surface area contributed by atoms with E-state index in [2.05, 4.69) is 35.4 Å². The van der Waals surface area contributed by atoms with Gasteiger partial charge < -0.3 is 10.3 Å². The summed E-state index contributed by atoms with van der Waals surface area (Å²) in [4.78, 5) is 17.0. The van der Waals surface area contributed by atoms with Gasteiger partial charge in [-0.3, -0.25) is 4.79 Å². The van der Waals surface area contributed by atoms with Crippen LogP contribution in [-0.4, -0.2) is 10.8 Å². The Balaban J connectivity index is 1.83. The number of carbonyl (C=O) groups excluding carboxylic acids is 1. The zero-order valence-corrected chi connectivity index (χ0v) is 14.4. The van der Waals surface area contributed by atoms with Gasteiger partial charge in [0.2, 0.25) is 0 Å². The average Bonchev–Trinajstić information content (AvgIpc) is 3.23. The number of hydrogen-bond donors (Lipinski definition) is 2. The fraction of sp³-hybridized carbons (Fsp3) is 0.0870. The molecule has 0 radical (unpaired) electrons. The average molecular weight is 338 g/mol. The van der Waals surface area contributed by atoms with Crippen molar-refractivity contribution in [1.29, 1.82) is 0 Å². The standard InChI is InChI=1S/C23H18N2O/c1-15-10-12-16(13-11-15)23(19-14-24-20-8-4-2-6-17(19)20)22(26)18-7-3-5-9-21(18)25-23/h2-14,24-25H,1H3. The first-order valence-corrected chi connectivity index (χ1v) is 8.76. The molecular formula is C23H18N2O. The number of ketones is 1. The Hall–Kier alpha value is -3.33. The molecule has 0 spiro atoms. The highest BCUT2D eigenvalue weighted by molar-refractivity contribution is 6.17. The topological polar surface area (TPSA) is 44.9 Å². The summed E-state index contributed by atoms with van der Waals surface area (Å²) in [5.74, 6) is 0.0849. The van der Waals surface area contributed by atoms with Crippen LogP contribution in [0.25, 0.3) is 10.9 Å². The molecule has 0 fully saturated rings. The smallest absolute Gasteiger partial charge is 0.199 e. The summed E-state index contributed by atoms with van der Waals surface area (Å²) < 4.78 is 0. The molecule has 1 aliphatic rings. The van der Waals surface area contributed by atoms with E-state index < -0.39 is 5.54 Å². The normalized spacial score (nSPS) is 18.7. The van der Waals surface area contributed by atoms with Crippen LogP contribution in [0.15, 0.2) is 79.0 Å². The van der Waals surface area contributed by atoms with E-state index in [0.29, 0.717) is 0 Å². The Morgan fingerprint density at radius 3 is 2.38 bits per heavy atom. The third kappa shape index (κ3) is 1.91. The van der Waals surface area contributed by atoms with Crippen LogP contribution in [0.2, 0.25) is 0 Å². The third-order valence-electron chi connectivity index (χ3n) is 5.31. The number of aromatic nitrogens is 1. The number of H-pyrrole nitrogens is 1. The summed E-state index contributed by atoms with van der Waals surface area (Å²) in [6.07, 6.45) is 1.96. The van der Waals surface area contributed by atoms with Crippen LogP contribution >= 0.6 is 0 Å². The van der Waals surface area contributed by atoms with Gasteiger partial charge in [0, 0.05) is 33.9 Å². The lowest BCUT2D eigenvalue weighted by Crippen LogP contribution is -2.39. The molecule has 3 heteroatoms. The number of aryl methyl sites for hydroxylation is 1. The van der Waals surface area contributed by atoms with Gasteiger partial charge in [-0.25, -0.2) is 0 Å². The Morgan fingerprint density at radius 2 is 1.58 bits per heavy atom. The van der Waals surface area contributed by atoms with Gasteiger partial charge in [-0.1, -0.05) is 60.2 Å². The van der Waals surface area contributed by atoms with Crippen LogP contribution in [0.4, 0.5) is 5.69 Å². The predicted octanol–water partition coefficient (Wildman–Crippen LogP) is 5.03. The van der Waals surface area contributed by atoms with E-state index in [9.17, 15) is 4.79 Å². The van der Waals surface area contributed by atoms with Crippen LogP contribution in [0, 0.1) is 6.92 Å². The molecule has 0 bridgehead atoms. The van der Waals surface area contributed by atoms with Gasteiger partial charge in [0.15, 0.2) is 11.3 Å². The van der Waals surface area contributed by atoms with Crippen molar-refractivity contribution in [3.8, 4) is 0 Å². The van der Waals surface area contributed by atoms with Crippen molar-refractivity contribution in [2.24, 2.45) is 0 Å². The Labute approximate surface area is 151 Å². The highest BCUT2D eigenvalue weighted by atomic mass is 16.1. The van der Waals surface area contributed by atoms with Gasteiger partial charge in [-0.15, -0.1) is 0 Å². The van der Waals surface area contributed by atoms with Crippen molar-refractivity contribution in [3.05, 3.63) is 101 Å². The van der Waals surface area contributed by atoms with Crippen molar-refractivity contribution >= 4 is 22.4 Å². The fourth-order valence-corrected chi connectivity index (χ4v) is 3.98. The fourth-order valence-electron chi connectivity index (χ4n) is 3.98. The SMILES string of the molecule is Cc1ccc(C2(c3c[nH]c4ccccc34)Nc3ccccc3C2=O)cc1. The maximum atomic E-state index is 13.7. The lowest BCUT2D eigenvalue weighted by Gasteiger charge is -2.29. The molecule has 1 aromatic heterocycles. The second-order valence-electron chi connectivity index (χ2n) is 6.86. The number of fused-ring (bicyclic) bond motifs is 2. The molecule has 2 heterocycles. The minimum absolute atomic E-state index is 0.0849. The number of aromatic amines is 1.